The molecule has 1 N–H and O–H groups in total. The lowest BCUT2D eigenvalue weighted by Crippen LogP contribution is -2.21. The molecule has 0 spiro atoms. The van der Waals surface area contributed by atoms with E-state index in [4.69, 9.17) is 16.3 Å². The van der Waals surface area contributed by atoms with Crippen LogP contribution < -0.4 is 5.32 Å². The molecule has 0 aromatic carbocycles. The molecule has 0 aliphatic rings. The number of thiophene rings is 1. The molecule has 90 valence electrons. The molecule has 4 heteroatoms. The minimum absolute atomic E-state index is 0.752. The van der Waals surface area contributed by atoms with Crippen LogP contribution in [0.5, 0.6) is 0 Å². The molecule has 16 heavy (non-hydrogen) atoms. The summed E-state index contributed by atoms with van der Waals surface area (Å²) in [6.07, 6.45) is 3.26. The molecule has 0 saturated heterocycles. The first-order chi connectivity index (χ1) is 7.76. The van der Waals surface area contributed by atoms with Gasteiger partial charge in [-0.1, -0.05) is 24.1 Å². The third-order valence-corrected chi connectivity index (χ3v) is 3.45. The Hall–Kier alpha value is -0.350. The van der Waals surface area contributed by atoms with Crippen LogP contribution in [0.25, 0.3) is 6.08 Å². The highest BCUT2D eigenvalue weighted by Gasteiger charge is 1.98. The average Bonchev–Trinajstić information content (AvgIpc) is 2.68. The summed E-state index contributed by atoms with van der Waals surface area (Å²) in [7, 11) is 1.71. The highest BCUT2D eigenvalue weighted by Crippen LogP contribution is 2.22. The van der Waals surface area contributed by atoms with E-state index in [0.29, 0.717) is 0 Å². The zero-order valence-corrected chi connectivity index (χ0v) is 11.3. The van der Waals surface area contributed by atoms with E-state index in [1.807, 2.05) is 11.4 Å². The first-order valence-electron chi connectivity index (χ1n) is 5.39. The third-order valence-electron chi connectivity index (χ3n) is 2.22. The molecule has 0 amide bonds. The fourth-order valence-electron chi connectivity index (χ4n) is 1.31. The van der Waals surface area contributed by atoms with Gasteiger partial charge in [-0.25, -0.2) is 0 Å². The van der Waals surface area contributed by atoms with Gasteiger partial charge >= 0.3 is 0 Å². The first kappa shape index (κ1) is 13.7. The van der Waals surface area contributed by atoms with Crippen LogP contribution in [0.2, 0.25) is 5.02 Å². The number of rotatable bonds is 7. The van der Waals surface area contributed by atoms with Crippen LogP contribution in [-0.4, -0.2) is 26.8 Å². The molecular formula is C12H18ClNOS. The summed E-state index contributed by atoms with van der Waals surface area (Å²) in [6.45, 7) is 4.72. The van der Waals surface area contributed by atoms with E-state index in [1.165, 1.54) is 10.5 Å². The van der Waals surface area contributed by atoms with Gasteiger partial charge in [0.05, 0.1) is 11.6 Å². The zero-order valence-electron chi connectivity index (χ0n) is 9.75. The minimum atomic E-state index is 0.752. The molecule has 0 atom stereocenters. The summed E-state index contributed by atoms with van der Waals surface area (Å²) in [4.78, 5) is 1.22. The van der Waals surface area contributed by atoms with Crippen molar-refractivity contribution in [3.8, 4) is 0 Å². The van der Waals surface area contributed by atoms with E-state index < -0.39 is 0 Å². The first-order valence-corrected chi connectivity index (χ1v) is 6.65. The highest BCUT2D eigenvalue weighted by molar-refractivity contribution is 7.11. The van der Waals surface area contributed by atoms with Gasteiger partial charge in [-0.05, 0) is 18.6 Å². The lowest BCUT2D eigenvalue weighted by Gasteiger charge is -2.06. The highest BCUT2D eigenvalue weighted by atomic mass is 35.5. The molecule has 1 aromatic heterocycles. The maximum absolute atomic E-state index is 5.88. The van der Waals surface area contributed by atoms with Gasteiger partial charge in [-0.3, -0.25) is 0 Å². The predicted octanol–water partition coefficient (Wildman–Crippen LogP) is 3.43. The van der Waals surface area contributed by atoms with Gasteiger partial charge in [0.1, 0.15) is 0 Å². The summed E-state index contributed by atoms with van der Waals surface area (Å²) >= 11 is 7.56. The molecule has 1 aromatic rings. The number of methoxy groups -OCH3 is 1. The number of nitrogens with one attached hydrogen (secondary N) is 1. The second-order valence-electron chi connectivity index (χ2n) is 3.49. The van der Waals surface area contributed by atoms with Crippen LogP contribution in [-0.2, 0) is 4.74 Å². The van der Waals surface area contributed by atoms with Crippen molar-refractivity contribution in [2.45, 2.75) is 13.3 Å². The maximum Gasteiger partial charge on any atom is 0.0587 e. The van der Waals surface area contributed by atoms with Gasteiger partial charge < -0.3 is 10.1 Å². The standard InChI is InChI=1S/C12H18ClNOS/c1-3-10(8-14-4-5-15-2)6-12-7-11(13)9-16-12/h6-7,9,14H,3-5,8H2,1-2H3. The molecule has 2 nitrogen and oxygen atoms in total. The van der Waals surface area contributed by atoms with Crippen molar-refractivity contribution in [3.63, 3.8) is 0 Å². The molecule has 0 saturated carbocycles. The van der Waals surface area contributed by atoms with Gasteiger partial charge in [0.25, 0.3) is 0 Å². The Bertz CT molecular complexity index is 336. The normalized spacial score (nSPS) is 12.1. The number of ether oxygens (including phenoxy) is 1. The van der Waals surface area contributed by atoms with Crippen molar-refractivity contribution < 1.29 is 4.74 Å². The van der Waals surface area contributed by atoms with E-state index >= 15 is 0 Å². The van der Waals surface area contributed by atoms with Gasteiger partial charge in [-0.2, -0.15) is 0 Å². The van der Waals surface area contributed by atoms with Crippen molar-refractivity contribution in [1.29, 1.82) is 0 Å². The molecule has 1 heterocycles. The zero-order chi connectivity index (χ0) is 11.8. The molecule has 1 rings (SSSR count). The van der Waals surface area contributed by atoms with Gasteiger partial charge in [-0.15, -0.1) is 11.3 Å². The van der Waals surface area contributed by atoms with Gasteiger partial charge in [0, 0.05) is 30.5 Å². The summed E-state index contributed by atoms with van der Waals surface area (Å²) in [5.74, 6) is 0. The molecule has 0 aliphatic heterocycles. The van der Waals surface area contributed by atoms with E-state index in [1.54, 1.807) is 18.4 Å². The van der Waals surface area contributed by atoms with E-state index in [9.17, 15) is 0 Å². The van der Waals surface area contributed by atoms with Gasteiger partial charge in [0.2, 0.25) is 0 Å². The number of halogens is 1. The Morgan fingerprint density at radius 2 is 2.44 bits per heavy atom. The van der Waals surface area contributed by atoms with Crippen molar-refractivity contribution in [2.75, 3.05) is 26.8 Å². The van der Waals surface area contributed by atoms with Crippen LogP contribution in [0.1, 0.15) is 18.2 Å². The Labute approximate surface area is 106 Å². The largest absolute Gasteiger partial charge is 0.383 e. The Balaban J connectivity index is 2.43. The lowest BCUT2D eigenvalue weighted by atomic mass is 10.2. The summed E-state index contributed by atoms with van der Waals surface area (Å²) in [5.41, 5.74) is 1.38. The topological polar surface area (TPSA) is 21.3 Å². The Kier molecular flexibility index (Phi) is 6.73. The molecule has 0 bridgehead atoms. The fraction of sp³-hybridized carbons (Fsp3) is 0.500. The van der Waals surface area contributed by atoms with Crippen LogP contribution in [0.4, 0.5) is 0 Å². The van der Waals surface area contributed by atoms with Gasteiger partial charge in [0.15, 0.2) is 0 Å². The quantitative estimate of drug-likeness (QED) is 0.758. The smallest absolute Gasteiger partial charge is 0.0587 e. The van der Waals surface area contributed by atoms with E-state index in [2.05, 4.69) is 18.3 Å². The maximum atomic E-state index is 5.88. The van der Waals surface area contributed by atoms with Crippen molar-refractivity contribution in [2.24, 2.45) is 0 Å². The number of hydrogen-bond donors (Lipinski definition) is 1. The Morgan fingerprint density at radius 1 is 1.62 bits per heavy atom. The number of hydrogen-bond acceptors (Lipinski definition) is 3. The molecule has 0 fully saturated rings. The SMILES string of the molecule is CCC(=Cc1cc(Cl)cs1)CNCCOC. The molecular weight excluding hydrogens is 242 g/mol. The summed E-state index contributed by atoms with van der Waals surface area (Å²) in [5, 5.41) is 6.12. The molecule has 0 radical (unpaired) electrons. The van der Waals surface area contributed by atoms with Crippen LogP contribution in [0, 0.1) is 0 Å². The van der Waals surface area contributed by atoms with E-state index in [-0.39, 0.29) is 0 Å². The third kappa shape index (κ3) is 5.12. The fourth-order valence-corrected chi connectivity index (χ4v) is 2.37. The van der Waals surface area contributed by atoms with Crippen molar-refractivity contribution in [1.82, 2.24) is 5.32 Å². The average molecular weight is 260 g/mol. The summed E-state index contributed by atoms with van der Waals surface area (Å²) in [6, 6.07) is 2.00. The molecule has 0 aliphatic carbocycles. The lowest BCUT2D eigenvalue weighted by molar-refractivity contribution is 0.200. The predicted molar refractivity (Wildman–Crippen MR) is 72.3 cm³/mol. The summed E-state index contributed by atoms with van der Waals surface area (Å²) < 4.78 is 4.98. The minimum Gasteiger partial charge on any atom is -0.383 e. The Morgan fingerprint density at radius 3 is 3.00 bits per heavy atom. The monoisotopic (exact) mass is 259 g/mol. The molecule has 0 unspecified atom stereocenters. The van der Waals surface area contributed by atoms with Crippen molar-refractivity contribution in [3.05, 3.63) is 26.9 Å². The van der Waals surface area contributed by atoms with Crippen LogP contribution in [0.15, 0.2) is 17.0 Å². The second-order valence-corrected chi connectivity index (χ2v) is 4.87. The second kappa shape index (κ2) is 7.85. The van der Waals surface area contributed by atoms with Crippen LogP contribution in [0.3, 0.4) is 0 Å². The van der Waals surface area contributed by atoms with Crippen molar-refractivity contribution >= 4 is 29.0 Å². The van der Waals surface area contributed by atoms with Crippen LogP contribution >= 0.6 is 22.9 Å². The van der Waals surface area contributed by atoms with E-state index in [0.717, 1.165) is 31.1 Å².